The van der Waals surface area contributed by atoms with Gasteiger partial charge in [-0.25, -0.2) is 9.78 Å². The van der Waals surface area contributed by atoms with Gasteiger partial charge in [-0.2, -0.15) is 0 Å². The van der Waals surface area contributed by atoms with Crippen molar-refractivity contribution in [3.63, 3.8) is 0 Å². The van der Waals surface area contributed by atoms with Gasteiger partial charge in [-0.05, 0) is 35.9 Å². The number of halogens is 1. The largest absolute Gasteiger partial charge is 0.478 e. The van der Waals surface area contributed by atoms with Crippen molar-refractivity contribution in [2.45, 2.75) is 10.9 Å². The Morgan fingerprint density at radius 3 is 2.48 bits per heavy atom. The molecule has 1 heterocycles. The third kappa shape index (κ3) is 3.90. The Morgan fingerprint density at radius 2 is 1.76 bits per heavy atom. The summed E-state index contributed by atoms with van der Waals surface area (Å²) in [6.45, 7) is 0. The molecule has 4 aromatic rings. The van der Waals surface area contributed by atoms with Crippen LogP contribution in [-0.2, 0) is 5.75 Å². The Bertz CT molecular complexity index is 1270. The number of fused-ring (bicyclic) bond motifs is 1. The predicted octanol–water partition coefficient (Wildman–Crippen LogP) is 5.03. The van der Waals surface area contributed by atoms with Gasteiger partial charge in [0.05, 0.1) is 27.2 Å². The summed E-state index contributed by atoms with van der Waals surface area (Å²) in [6, 6.07) is 21.2. The number of hydrogen-bond acceptors (Lipinski definition) is 4. The highest BCUT2D eigenvalue weighted by Gasteiger charge is 2.16. The first-order chi connectivity index (χ1) is 14.0. The van der Waals surface area contributed by atoms with E-state index in [1.54, 1.807) is 24.3 Å². The first kappa shape index (κ1) is 19.2. The second-order valence-corrected chi connectivity index (χ2v) is 7.65. The van der Waals surface area contributed by atoms with E-state index >= 15 is 0 Å². The van der Waals surface area contributed by atoms with Gasteiger partial charge < -0.3 is 5.11 Å². The molecule has 0 atom stereocenters. The predicted molar refractivity (Wildman–Crippen MR) is 115 cm³/mol. The van der Waals surface area contributed by atoms with Crippen LogP contribution in [0.5, 0.6) is 0 Å². The van der Waals surface area contributed by atoms with E-state index in [1.165, 1.54) is 34.5 Å². The van der Waals surface area contributed by atoms with Crippen molar-refractivity contribution in [1.29, 1.82) is 0 Å². The number of aromatic carboxylic acids is 1. The van der Waals surface area contributed by atoms with Crippen LogP contribution in [0, 0.1) is 0 Å². The van der Waals surface area contributed by atoms with Gasteiger partial charge in [-0.3, -0.25) is 9.36 Å². The topological polar surface area (TPSA) is 72.2 Å². The molecule has 3 aromatic carbocycles. The van der Waals surface area contributed by atoms with Crippen molar-refractivity contribution in [2.75, 3.05) is 0 Å². The monoisotopic (exact) mass is 422 g/mol. The van der Waals surface area contributed by atoms with Gasteiger partial charge in [-0.15, -0.1) is 0 Å². The molecule has 5 nitrogen and oxygen atoms in total. The number of nitrogens with zero attached hydrogens (tertiary/aromatic N) is 2. The summed E-state index contributed by atoms with van der Waals surface area (Å²) in [4.78, 5) is 29.2. The maximum Gasteiger partial charge on any atom is 0.335 e. The quantitative estimate of drug-likeness (QED) is 0.360. The molecule has 0 aliphatic rings. The second-order valence-electron chi connectivity index (χ2n) is 6.30. The minimum absolute atomic E-state index is 0.0823. The molecule has 0 radical (unpaired) electrons. The van der Waals surface area contributed by atoms with Crippen molar-refractivity contribution < 1.29 is 9.90 Å². The van der Waals surface area contributed by atoms with E-state index in [2.05, 4.69) is 4.98 Å². The lowest BCUT2D eigenvalue weighted by atomic mass is 10.1. The van der Waals surface area contributed by atoms with Crippen LogP contribution in [0.2, 0.25) is 5.02 Å². The fourth-order valence-corrected chi connectivity index (χ4v) is 4.14. The van der Waals surface area contributed by atoms with E-state index in [-0.39, 0.29) is 11.1 Å². The lowest BCUT2D eigenvalue weighted by Crippen LogP contribution is -2.22. The van der Waals surface area contributed by atoms with Crippen LogP contribution >= 0.6 is 23.4 Å². The third-order valence-corrected chi connectivity index (χ3v) is 5.72. The molecule has 0 saturated heterocycles. The molecule has 0 spiro atoms. The fraction of sp³-hybridized carbons (Fsp3) is 0.0455. The normalized spacial score (nSPS) is 10.9. The molecule has 0 amide bonds. The van der Waals surface area contributed by atoms with Crippen molar-refractivity contribution in [1.82, 2.24) is 9.55 Å². The highest BCUT2D eigenvalue weighted by atomic mass is 35.5. The molecule has 0 unspecified atom stereocenters. The minimum Gasteiger partial charge on any atom is -0.478 e. The molecule has 144 valence electrons. The number of aromatic nitrogens is 2. The van der Waals surface area contributed by atoms with E-state index in [9.17, 15) is 14.7 Å². The molecule has 0 aliphatic heterocycles. The number of carboxylic acids is 1. The van der Waals surface area contributed by atoms with Gasteiger partial charge in [0, 0.05) is 5.75 Å². The zero-order valence-corrected chi connectivity index (χ0v) is 16.7. The van der Waals surface area contributed by atoms with Gasteiger partial charge in [0.2, 0.25) is 0 Å². The summed E-state index contributed by atoms with van der Waals surface area (Å²) < 4.78 is 1.48. The van der Waals surface area contributed by atoms with Crippen LogP contribution in [0.25, 0.3) is 16.6 Å². The number of para-hydroxylation sites is 1. The van der Waals surface area contributed by atoms with Crippen molar-refractivity contribution >= 4 is 40.2 Å². The number of carboxylic acid groups (broad SMARTS) is 1. The smallest absolute Gasteiger partial charge is 0.335 e. The van der Waals surface area contributed by atoms with E-state index < -0.39 is 5.97 Å². The lowest BCUT2D eigenvalue weighted by molar-refractivity contribution is 0.0697. The molecular weight excluding hydrogens is 408 g/mol. The van der Waals surface area contributed by atoms with Crippen LogP contribution in [0.4, 0.5) is 0 Å². The van der Waals surface area contributed by atoms with E-state index in [0.29, 0.717) is 32.5 Å². The fourth-order valence-electron chi connectivity index (χ4n) is 2.96. The Hall–Kier alpha value is -3.09. The number of rotatable bonds is 5. The van der Waals surface area contributed by atoms with Crippen LogP contribution in [0.1, 0.15) is 15.9 Å². The third-order valence-electron chi connectivity index (χ3n) is 4.39. The molecule has 1 aromatic heterocycles. The summed E-state index contributed by atoms with van der Waals surface area (Å²) in [5.74, 6) is -0.468. The van der Waals surface area contributed by atoms with Crippen molar-refractivity contribution in [3.05, 3.63) is 99.3 Å². The average Bonchev–Trinajstić information content (AvgIpc) is 2.73. The van der Waals surface area contributed by atoms with Crippen molar-refractivity contribution in [3.8, 4) is 5.69 Å². The second kappa shape index (κ2) is 8.11. The van der Waals surface area contributed by atoms with Gasteiger partial charge in [0.15, 0.2) is 5.16 Å². The maximum atomic E-state index is 13.3. The van der Waals surface area contributed by atoms with Gasteiger partial charge in [0.1, 0.15) is 0 Å². The van der Waals surface area contributed by atoms with E-state index in [1.807, 2.05) is 30.3 Å². The zero-order valence-electron chi connectivity index (χ0n) is 15.1. The van der Waals surface area contributed by atoms with Crippen LogP contribution in [-0.4, -0.2) is 20.6 Å². The number of thioether (sulfide) groups is 1. The molecule has 29 heavy (non-hydrogen) atoms. The summed E-state index contributed by atoms with van der Waals surface area (Å²) in [6.07, 6.45) is 0. The molecule has 0 saturated carbocycles. The highest BCUT2D eigenvalue weighted by Crippen LogP contribution is 2.28. The van der Waals surface area contributed by atoms with Gasteiger partial charge in [0.25, 0.3) is 5.56 Å². The SMILES string of the molecule is O=C(O)c1ccc2c(=O)n(-c3ccccc3Cl)c(SCc3ccccc3)nc2c1. The Labute approximate surface area is 175 Å². The zero-order chi connectivity index (χ0) is 20.4. The number of benzene rings is 3. The van der Waals surface area contributed by atoms with Crippen molar-refractivity contribution in [2.24, 2.45) is 0 Å². The molecule has 0 aliphatic carbocycles. The summed E-state index contributed by atoms with van der Waals surface area (Å²) >= 11 is 7.76. The Morgan fingerprint density at radius 1 is 1.03 bits per heavy atom. The highest BCUT2D eigenvalue weighted by molar-refractivity contribution is 7.98. The maximum absolute atomic E-state index is 13.3. The summed E-state index contributed by atoms with van der Waals surface area (Å²) in [5, 5.41) is 10.5. The molecular formula is C22H15ClN2O3S. The van der Waals surface area contributed by atoms with Crippen LogP contribution < -0.4 is 5.56 Å². The van der Waals surface area contributed by atoms with Crippen LogP contribution in [0.15, 0.2) is 82.7 Å². The number of carbonyl (C=O) groups is 1. The molecule has 4 rings (SSSR count). The van der Waals surface area contributed by atoms with Gasteiger partial charge >= 0.3 is 5.97 Å². The minimum atomic E-state index is -1.07. The summed E-state index contributed by atoms with van der Waals surface area (Å²) in [7, 11) is 0. The first-order valence-corrected chi connectivity index (χ1v) is 10.1. The van der Waals surface area contributed by atoms with Crippen LogP contribution in [0.3, 0.4) is 0 Å². The lowest BCUT2D eigenvalue weighted by Gasteiger charge is -2.14. The van der Waals surface area contributed by atoms with E-state index in [0.717, 1.165) is 5.56 Å². The molecule has 1 N–H and O–H groups in total. The number of hydrogen-bond donors (Lipinski definition) is 1. The standard InChI is InChI=1S/C22H15ClN2O3S/c23-17-8-4-5-9-19(17)25-20(26)16-11-10-15(21(27)28)12-18(16)24-22(25)29-13-14-6-2-1-3-7-14/h1-12H,13H2,(H,27,28). The Kier molecular flexibility index (Phi) is 5.38. The Balaban J connectivity index is 1.91. The molecule has 0 bridgehead atoms. The molecule has 0 fully saturated rings. The molecule has 7 heteroatoms. The average molecular weight is 423 g/mol. The first-order valence-electron chi connectivity index (χ1n) is 8.76. The van der Waals surface area contributed by atoms with Gasteiger partial charge in [-0.1, -0.05) is 65.8 Å². The van der Waals surface area contributed by atoms with E-state index in [4.69, 9.17) is 11.6 Å². The summed E-state index contributed by atoms with van der Waals surface area (Å²) in [5.41, 5.74) is 1.74.